The van der Waals surface area contributed by atoms with Gasteiger partial charge < -0.3 is 9.84 Å². The van der Waals surface area contributed by atoms with Gasteiger partial charge in [0.05, 0.1) is 30.3 Å². The summed E-state index contributed by atoms with van der Waals surface area (Å²) in [5, 5.41) is 9.10. The zero-order valence-corrected chi connectivity index (χ0v) is 10.3. The van der Waals surface area contributed by atoms with Gasteiger partial charge in [0.1, 0.15) is 0 Å². The number of ether oxygens (including phenoxy) is 1. The molecule has 0 radical (unpaired) electrons. The first-order valence-electron chi connectivity index (χ1n) is 5.71. The number of morpholine rings is 1. The number of hydrogen-bond acceptors (Lipinski definition) is 5. The molecule has 0 saturated carbocycles. The highest BCUT2D eigenvalue weighted by atomic mass is 32.2. The fraction of sp³-hybridized carbons (Fsp3) is 1.00. The lowest BCUT2D eigenvalue weighted by molar-refractivity contribution is -0.103. The Kier molecular flexibility index (Phi) is 3.53. The van der Waals surface area contributed by atoms with E-state index in [4.69, 9.17) is 9.84 Å². The molecule has 2 saturated heterocycles. The van der Waals surface area contributed by atoms with Crippen LogP contribution in [0.4, 0.5) is 0 Å². The summed E-state index contributed by atoms with van der Waals surface area (Å²) in [6, 6.07) is 0.116. The van der Waals surface area contributed by atoms with E-state index in [2.05, 4.69) is 4.90 Å². The van der Waals surface area contributed by atoms with Gasteiger partial charge in [0.2, 0.25) is 0 Å². The minimum absolute atomic E-state index is 0.000308. The van der Waals surface area contributed by atoms with E-state index in [-0.39, 0.29) is 30.6 Å². The van der Waals surface area contributed by atoms with Crippen molar-refractivity contribution in [2.24, 2.45) is 0 Å². The van der Waals surface area contributed by atoms with E-state index in [1.54, 1.807) is 0 Å². The maximum absolute atomic E-state index is 11.4. The van der Waals surface area contributed by atoms with Gasteiger partial charge in [-0.3, -0.25) is 4.90 Å². The molecule has 94 valence electrons. The SMILES string of the molecule is CC1CN(C2CCS(=O)(=O)C2)CC(CO)O1. The second kappa shape index (κ2) is 4.60. The molecule has 6 heteroatoms. The molecular weight excluding hydrogens is 230 g/mol. The minimum Gasteiger partial charge on any atom is -0.394 e. The predicted octanol–water partition coefficient (Wildman–Crippen LogP) is -0.745. The van der Waals surface area contributed by atoms with E-state index in [1.165, 1.54) is 0 Å². The van der Waals surface area contributed by atoms with Crippen molar-refractivity contribution in [3.8, 4) is 0 Å². The largest absolute Gasteiger partial charge is 0.394 e. The third-order valence-electron chi connectivity index (χ3n) is 3.28. The summed E-state index contributed by atoms with van der Waals surface area (Å²) in [4.78, 5) is 2.15. The van der Waals surface area contributed by atoms with Crippen LogP contribution in [0.1, 0.15) is 13.3 Å². The minimum atomic E-state index is -2.83. The standard InChI is InChI=1S/C10H19NO4S/c1-8-4-11(5-10(6-12)15-8)9-2-3-16(13,14)7-9/h8-10,12H,2-7H2,1H3. The molecule has 2 heterocycles. The van der Waals surface area contributed by atoms with Crippen molar-refractivity contribution in [1.82, 2.24) is 4.90 Å². The second-order valence-electron chi connectivity index (χ2n) is 4.76. The maximum atomic E-state index is 11.4. The van der Waals surface area contributed by atoms with E-state index in [9.17, 15) is 8.42 Å². The van der Waals surface area contributed by atoms with Crippen LogP contribution in [-0.2, 0) is 14.6 Å². The molecule has 2 aliphatic heterocycles. The summed E-state index contributed by atoms with van der Waals surface area (Å²) >= 11 is 0. The lowest BCUT2D eigenvalue weighted by Crippen LogP contribution is -2.52. The van der Waals surface area contributed by atoms with Crippen LogP contribution in [0.3, 0.4) is 0 Å². The van der Waals surface area contributed by atoms with Gasteiger partial charge in [-0.05, 0) is 13.3 Å². The van der Waals surface area contributed by atoms with Crippen LogP contribution in [0.15, 0.2) is 0 Å². The zero-order chi connectivity index (χ0) is 11.8. The van der Waals surface area contributed by atoms with Gasteiger partial charge >= 0.3 is 0 Å². The number of nitrogens with zero attached hydrogens (tertiary/aromatic N) is 1. The lowest BCUT2D eigenvalue weighted by Gasteiger charge is -2.39. The number of rotatable bonds is 2. The Morgan fingerprint density at radius 1 is 1.44 bits per heavy atom. The third kappa shape index (κ3) is 2.74. The maximum Gasteiger partial charge on any atom is 0.151 e. The van der Waals surface area contributed by atoms with Gasteiger partial charge in [0.15, 0.2) is 9.84 Å². The summed E-state index contributed by atoms with van der Waals surface area (Å²) in [5.41, 5.74) is 0. The van der Waals surface area contributed by atoms with Crippen molar-refractivity contribution >= 4 is 9.84 Å². The first-order chi connectivity index (χ1) is 7.50. The molecule has 0 aromatic heterocycles. The van der Waals surface area contributed by atoms with Crippen molar-refractivity contribution in [2.75, 3.05) is 31.2 Å². The molecular formula is C10H19NO4S. The molecule has 5 nitrogen and oxygen atoms in total. The number of aliphatic hydroxyl groups is 1. The first-order valence-corrected chi connectivity index (χ1v) is 7.53. The van der Waals surface area contributed by atoms with E-state index in [0.717, 1.165) is 6.54 Å². The molecule has 2 rings (SSSR count). The predicted molar refractivity (Wildman–Crippen MR) is 60.1 cm³/mol. The molecule has 0 aromatic rings. The number of aliphatic hydroxyl groups excluding tert-OH is 1. The molecule has 0 amide bonds. The van der Waals surface area contributed by atoms with Crippen molar-refractivity contribution in [1.29, 1.82) is 0 Å². The first kappa shape index (κ1) is 12.3. The van der Waals surface area contributed by atoms with Crippen LogP contribution >= 0.6 is 0 Å². The molecule has 0 bridgehead atoms. The van der Waals surface area contributed by atoms with E-state index in [0.29, 0.717) is 18.7 Å². The average Bonchev–Trinajstić information content (AvgIpc) is 2.58. The fourth-order valence-electron chi connectivity index (χ4n) is 2.54. The van der Waals surface area contributed by atoms with Crippen LogP contribution in [0.5, 0.6) is 0 Å². The Morgan fingerprint density at radius 3 is 2.75 bits per heavy atom. The molecule has 3 atom stereocenters. The van der Waals surface area contributed by atoms with E-state index >= 15 is 0 Å². The molecule has 0 aromatic carbocycles. The average molecular weight is 249 g/mol. The van der Waals surface area contributed by atoms with Gasteiger partial charge in [-0.25, -0.2) is 8.42 Å². The molecule has 0 spiro atoms. The molecule has 16 heavy (non-hydrogen) atoms. The van der Waals surface area contributed by atoms with Gasteiger partial charge in [0, 0.05) is 19.1 Å². The van der Waals surface area contributed by atoms with Crippen LogP contribution in [0, 0.1) is 0 Å². The summed E-state index contributed by atoms with van der Waals surface area (Å²) in [7, 11) is -2.83. The topological polar surface area (TPSA) is 66.8 Å². The molecule has 3 unspecified atom stereocenters. The zero-order valence-electron chi connectivity index (χ0n) is 9.50. The smallest absolute Gasteiger partial charge is 0.151 e. The highest BCUT2D eigenvalue weighted by Gasteiger charge is 2.36. The van der Waals surface area contributed by atoms with Crippen molar-refractivity contribution in [3.63, 3.8) is 0 Å². The van der Waals surface area contributed by atoms with Crippen molar-refractivity contribution in [3.05, 3.63) is 0 Å². The van der Waals surface area contributed by atoms with Gasteiger partial charge in [0.25, 0.3) is 0 Å². The second-order valence-corrected chi connectivity index (χ2v) is 6.99. The summed E-state index contributed by atoms with van der Waals surface area (Å²) in [5.74, 6) is 0.561. The lowest BCUT2D eigenvalue weighted by atomic mass is 10.1. The summed E-state index contributed by atoms with van der Waals surface area (Å²) in [6.45, 7) is 3.36. The van der Waals surface area contributed by atoms with Crippen molar-refractivity contribution in [2.45, 2.75) is 31.6 Å². The van der Waals surface area contributed by atoms with Gasteiger partial charge in [-0.1, -0.05) is 0 Å². The summed E-state index contributed by atoms with van der Waals surface area (Å²) < 4.78 is 28.4. The van der Waals surface area contributed by atoms with Crippen LogP contribution in [0.2, 0.25) is 0 Å². The monoisotopic (exact) mass is 249 g/mol. The number of sulfone groups is 1. The van der Waals surface area contributed by atoms with Crippen LogP contribution < -0.4 is 0 Å². The summed E-state index contributed by atoms with van der Waals surface area (Å²) in [6.07, 6.45) is 0.606. The Hall–Kier alpha value is -0.170. The highest BCUT2D eigenvalue weighted by molar-refractivity contribution is 7.91. The van der Waals surface area contributed by atoms with Crippen molar-refractivity contribution < 1.29 is 18.3 Å². The third-order valence-corrected chi connectivity index (χ3v) is 5.03. The van der Waals surface area contributed by atoms with E-state index in [1.807, 2.05) is 6.92 Å². The van der Waals surface area contributed by atoms with Gasteiger partial charge in [-0.15, -0.1) is 0 Å². The Bertz CT molecular complexity index is 343. The normalized spacial score (nSPS) is 40.0. The van der Waals surface area contributed by atoms with Crippen LogP contribution in [0.25, 0.3) is 0 Å². The van der Waals surface area contributed by atoms with Crippen LogP contribution in [-0.4, -0.2) is 67.9 Å². The van der Waals surface area contributed by atoms with Gasteiger partial charge in [-0.2, -0.15) is 0 Å². The Morgan fingerprint density at radius 2 is 2.19 bits per heavy atom. The Labute approximate surface area is 96.3 Å². The molecule has 1 N–H and O–H groups in total. The quantitative estimate of drug-likeness (QED) is 0.698. The molecule has 2 fully saturated rings. The Balaban J connectivity index is 1.99. The highest BCUT2D eigenvalue weighted by Crippen LogP contribution is 2.21. The molecule has 2 aliphatic rings. The van der Waals surface area contributed by atoms with E-state index < -0.39 is 9.84 Å². The fourth-order valence-corrected chi connectivity index (χ4v) is 4.30. The molecule has 0 aliphatic carbocycles. The number of hydrogen-bond donors (Lipinski definition) is 1.